The fourth-order valence-electron chi connectivity index (χ4n) is 0.640. The molecular formula is C7H8N2O2S. The quantitative estimate of drug-likeness (QED) is 0.690. The summed E-state index contributed by atoms with van der Waals surface area (Å²) in [6.45, 7) is 0.0389. The second kappa shape index (κ2) is 4.50. The normalized spacial score (nSPS) is 9.00. The van der Waals surface area contributed by atoms with E-state index < -0.39 is 0 Å². The largest absolute Gasteiger partial charge is 0.331 e. The minimum atomic E-state index is -0.357. The lowest BCUT2D eigenvalue weighted by Gasteiger charge is -2.00. The number of anilines is 1. The van der Waals surface area contributed by atoms with Gasteiger partial charge in [0, 0.05) is 0 Å². The molecule has 12 heavy (non-hydrogen) atoms. The van der Waals surface area contributed by atoms with Crippen molar-refractivity contribution in [1.29, 1.82) is 0 Å². The van der Waals surface area contributed by atoms with E-state index in [1.54, 1.807) is 6.07 Å². The second-order valence-electron chi connectivity index (χ2n) is 1.98. The van der Waals surface area contributed by atoms with Crippen molar-refractivity contribution in [3.63, 3.8) is 0 Å². The zero-order valence-corrected chi connectivity index (χ0v) is 7.06. The predicted octanol–water partition coefficient (Wildman–Crippen LogP) is 1.07. The number of carbonyl (C=O) groups is 2. The molecule has 2 amide bonds. The third-order valence-electron chi connectivity index (χ3n) is 1.10. The summed E-state index contributed by atoms with van der Waals surface area (Å²) in [6.07, 6.45) is 0.633. The third-order valence-corrected chi connectivity index (χ3v) is 1.89. The number of urea groups is 1. The number of aldehydes is 1. The Morgan fingerprint density at radius 2 is 2.50 bits per heavy atom. The monoisotopic (exact) mass is 184 g/mol. The van der Waals surface area contributed by atoms with Crippen molar-refractivity contribution in [3.8, 4) is 0 Å². The maximum absolute atomic E-state index is 10.9. The Bertz CT molecular complexity index is 258. The van der Waals surface area contributed by atoms with Crippen molar-refractivity contribution in [3.05, 3.63) is 17.5 Å². The standard InChI is InChI=1S/C7H8N2O2S/c10-4-3-8-7(11)9-6-2-1-5-12-6/h1-2,4-5H,3H2,(H2,8,9,11). The predicted molar refractivity (Wildman–Crippen MR) is 47.4 cm³/mol. The Kier molecular flexibility index (Phi) is 3.28. The van der Waals surface area contributed by atoms with Gasteiger partial charge in [-0.25, -0.2) is 4.79 Å². The van der Waals surface area contributed by atoms with Gasteiger partial charge in [0.25, 0.3) is 0 Å². The van der Waals surface area contributed by atoms with Crippen molar-refractivity contribution in [2.45, 2.75) is 0 Å². The van der Waals surface area contributed by atoms with Gasteiger partial charge in [0.05, 0.1) is 11.5 Å². The smallest absolute Gasteiger partial charge is 0.320 e. The lowest BCUT2D eigenvalue weighted by Crippen LogP contribution is -2.29. The summed E-state index contributed by atoms with van der Waals surface area (Å²) in [5, 5.41) is 7.54. The van der Waals surface area contributed by atoms with Crippen LogP contribution in [-0.2, 0) is 4.79 Å². The highest BCUT2D eigenvalue weighted by Gasteiger charge is 1.99. The second-order valence-corrected chi connectivity index (χ2v) is 2.93. The first-order valence-corrected chi connectivity index (χ1v) is 4.23. The molecule has 4 nitrogen and oxygen atoms in total. The van der Waals surface area contributed by atoms with Gasteiger partial charge in [-0.2, -0.15) is 0 Å². The van der Waals surface area contributed by atoms with Crippen molar-refractivity contribution < 1.29 is 9.59 Å². The molecule has 1 aromatic rings. The lowest BCUT2D eigenvalue weighted by atomic mass is 10.6. The topological polar surface area (TPSA) is 58.2 Å². The van der Waals surface area contributed by atoms with Crippen LogP contribution in [-0.4, -0.2) is 18.9 Å². The van der Waals surface area contributed by atoms with E-state index in [0.29, 0.717) is 6.29 Å². The van der Waals surface area contributed by atoms with Crippen LogP contribution in [0.4, 0.5) is 9.80 Å². The summed E-state index contributed by atoms with van der Waals surface area (Å²) < 4.78 is 0. The van der Waals surface area contributed by atoms with Gasteiger partial charge in [-0.1, -0.05) is 0 Å². The Balaban J connectivity index is 2.32. The molecule has 2 N–H and O–H groups in total. The van der Waals surface area contributed by atoms with Crippen molar-refractivity contribution in [1.82, 2.24) is 5.32 Å². The van der Waals surface area contributed by atoms with E-state index in [2.05, 4.69) is 10.6 Å². The van der Waals surface area contributed by atoms with Crippen LogP contribution in [0.15, 0.2) is 17.5 Å². The molecule has 0 aliphatic heterocycles. The van der Waals surface area contributed by atoms with Gasteiger partial charge in [-0.05, 0) is 17.5 Å². The molecule has 0 radical (unpaired) electrons. The van der Waals surface area contributed by atoms with Crippen molar-refractivity contribution >= 4 is 28.7 Å². The van der Waals surface area contributed by atoms with E-state index in [-0.39, 0.29) is 12.6 Å². The summed E-state index contributed by atoms with van der Waals surface area (Å²) in [6, 6.07) is 3.26. The van der Waals surface area contributed by atoms with Crippen molar-refractivity contribution in [2.24, 2.45) is 0 Å². The highest BCUT2D eigenvalue weighted by atomic mass is 32.1. The van der Waals surface area contributed by atoms with Crippen LogP contribution in [0.25, 0.3) is 0 Å². The SMILES string of the molecule is O=CCNC(=O)Nc1cccs1. The molecule has 1 rings (SSSR count). The van der Waals surface area contributed by atoms with E-state index in [1.165, 1.54) is 11.3 Å². The average Bonchev–Trinajstić information content (AvgIpc) is 2.53. The van der Waals surface area contributed by atoms with E-state index in [4.69, 9.17) is 0 Å². The Labute approximate surface area is 73.6 Å². The van der Waals surface area contributed by atoms with Crippen LogP contribution in [0.3, 0.4) is 0 Å². The third kappa shape index (κ3) is 2.71. The zero-order chi connectivity index (χ0) is 8.81. The van der Waals surface area contributed by atoms with Crippen LogP contribution in [0, 0.1) is 0 Å². The fourth-order valence-corrected chi connectivity index (χ4v) is 1.25. The Morgan fingerprint density at radius 1 is 1.67 bits per heavy atom. The van der Waals surface area contributed by atoms with Crippen LogP contribution in [0.5, 0.6) is 0 Å². The van der Waals surface area contributed by atoms with Gasteiger partial charge >= 0.3 is 6.03 Å². The molecule has 0 aromatic carbocycles. The Morgan fingerprint density at radius 3 is 3.08 bits per heavy atom. The van der Waals surface area contributed by atoms with E-state index in [0.717, 1.165) is 5.00 Å². The number of rotatable bonds is 3. The van der Waals surface area contributed by atoms with E-state index >= 15 is 0 Å². The highest BCUT2D eigenvalue weighted by Crippen LogP contribution is 2.14. The number of thiophene rings is 1. The first kappa shape index (κ1) is 8.73. The van der Waals surface area contributed by atoms with Gasteiger partial charge in [0.2, 0.25) is 0 Å². The number of nitrogens with one attached hydrogen (secondary N) is 2. The summed E-state index contributed by atoms with van der Waals surface area (Å²) >= 11 is 1.42. The molecule has 64 valence electrons. The minimum Gasteiger partial charge on any atom is -0.331 e. The summed E-state index contributed by atoms with van der Waals surface area (Å²) in [4.78, 5) is 20.8. The molecule has 1 aromatic heterocycles. The number of hydrogen-bond acceptors (Lipinski definition) is 3. The Hall–Kier alpha value is -1.36. The maximum atomic E-state index is 10.9. The van der Waals surface area contributed by atoms with Gasteiger partial charge in [-0.15, -0.1) is 11.3 Å². The maximum Gasteiger partial charge on any atom is 0.320 e. The van der Waals surface area contributed by atoms with Crippen LogP contribution < -0.4 is 10.6 Å². The van der Waals surface area contributed by atoms with Gasteiger partial charge in [0.1, 0.15) is 6.29 Å². The van der Waals surface area contributed by atoms with Gasteiger partial charge in [-0.3, -0.25) is 5.32 Å². The molecule has 5 heteroatoms. The molecule has 0 atom stereocenters. The summed E-state index contributed by atoms with van der Waals surface area (Å²) in [5.74, 6) is 0. The van der Waals surface area contributed by atoms with Gasteiger partial charge < -0.3 is 10.1 Å². The average molecular weight is 184 g/mol. The van der Waals surface area contributed by atoms with E-state index in [1.807, 2.05) is 11.4 Å². The molecule has 1 heterocycles. The van der Waals surface area contributed by atoms with Crippen LogP contribution in [0.1, 0.15) is 0 Å². The number of amides is 2. The molecule has 0 fully saturated rings. The first-order valence-electron chi connectivity index (χ1n) is 3.35. The molecular weight excluding hydrogens is 176 g/mol. The lowest BCUT2D eigenvalue weighted by molar-refractivity contribution is -0.107. The summed E-state index contributed by atoms with van der Waals surface area (Å²) in [7, 11) is 0. The molecule has 0 saturated carbocycles. The first-order chi connectivity index (χ1) is 5.83. The fraction of sp³-hybridized carbons (Fsp3) is 0.143. The summed E-state index contributed by atoms with van der Waals surface area (Å²) in [5.41, 5.74) is 0. The van der Waals surface area contributed by atoms with Crippen molar-refractivity contribution in [2.75, 3.05) is 11.9 Å². The molecule has 0 unspecified atom stereocenters. The van der Waals surface area contributed by atoms with Crippen LogP contribution in [0.2, 0.25) is 0 Å². The molecule has 0 bridgehead atoms. The van der Waals surface area contributed by atoms with Crippen LogP contribution >= 0.6 is 11.3 Å². The number of hydrogen-bond donors (Lipinski definition) is 2. The van der Waals surface area contributed by atoms with E-state index in [9.17, 15) is 9.59 Å². The minimum absolute atomic E-state index is 0.0389. The highest BCUT2D eigenvalue weighted by molar-refractivity contribution is 7.14. The molecule has 0 spiro atoms. The molecule has 0 aliphatic carbocycles. The zero-order valence-electron chi connectivity index (χ0n) is 6.24. The van der Waals surface area contributed by atoms with Gasteiger partial charge in [0.15, 0.2) is 0 Å². The molecule has 0 aliphatic rings. The molecule has 0 saturated heterocycles. The number of carbonyl (C=O) groups excluding carboxylic acids is 2.